The van der Waals surface area contributed by atoms with Crippen molar-refractivity contribution in [3.05, 3.63) is 58.6 Å². The molecule has 2 bridgehead atoms. The van der Waals surface area contributed by atoms with Crippen LogP contribution in [0, 0.1) is 18.8 Å². The van der Waals surface area contributed by atoms with Gasteiger partial charge < -0.3 is 5.32 Å². The molecule has 2 saturated carbocycles. The van der Waals surface area contributed by atoms with E-state index in [0.29, 0.717) is 17.5 Å². The van der Waals surface area contributed by atoms with Crippen LogP contribution in [0.4, 0.5) is 5.69 Å². The SMILES string of the molecule is Cc1ccc(S(=O)(=O)N(CC(=O)N[C@H]2C[C@H]3CC[C@H]2C3)c2cccc(Br)c2)cc1. The van der Waals surface area contributed by atoms with Gasteiger partial charge in [0.1, 0.15) is 6.54 Å². The van der Waals surface area contributed by atoms with Gasteiger partial charge in [-0.1, -0.05) is 46.1 Å². The zero-order valence-electron chi connectivity index (χ0n) is 16.3. The molecule has 2 aliphatic carbocycles. The van der Waals surface area contributed by atoms with Crippen molar-refractivity contribution in [2.24, 2.45) is 11.8 Å². The van der Waals surface area contributed by atoms with Crippen LogP contribution in [-0.4, -0.2) is 26.9 Å². The van der Waals surface area contributed by atoms with Crippen molar-refractivity contribution in [1.82, 2.24) is 5.32 Å². The molecule has 0 radical (unpaired) electrons. The maximum Gasteiger partial charge on any atom is 0.264 e. The highest BCUT2D eigenvalue weighted by atomic mass is 79.9. The lowest BCUT2D eigenvalue weighted by atomic mass is 9.95. The minimum Gasteiger partial charge on any atom is -0.352 e. The number of carbonyl (C=O) groups is 1. The average Bonchev–Trinajstić information content (AvgIpc) is 3.29. The molecule has 1 amide bonds. The van der Waals surface area contributed by atoms with Gasteiger partial charge in [-0.25, -0.2) is 8.42 Å². The number of aryl methyl sites for hydroxylation is 1. The van der Waals surface area contributed by atoms with Crippen LogP contribution in [0.5, 0.6) is 0 Å². The Morgan fingerprint density at radius 2 is 1.90 bits per heavy atom. The van der Waals surface area contributed by atoms with Crippen molar-refractivity contribution in [2.45, 2.75) is 43.5 Å². The molecule has 154 valence electrons. The first kappa shape index (κ1) is 20.4. The Balaban J connectivity index is 1.60. The first-order chi connectivity index (χ1) is 13.8. The van der Waals surface area contributed by atoms with Gasteiger partial charge in [0, 0.05) is 10.5 Å². The molecule has 0 heterocycles. The third-order valence-electron chi connectivity index (χ3n) is 6.08. The topological polar surface area (TPSA) is 66.5 Å². The molecular formula is C22H25BrN2O3S. The number of amides is 1. The summed E-state index contributed by atoms with van der Waals surface area (Å²) in [5.74, 6) is 0.998. The maximum absolute atomic E-state index is 13.4. The number of benzene rings is 2. The summed E-state index contributed by atoms with van der Waals surface area (Å²) in [5, 5.41) is 3.10. The number of hydrogen-bond donors (Lipinski definition) is 1. The Hall–Kier alpha value is -1.86. The monoisotopic (exact) mass is 476 g/mol. The third kappa shape index (κ3) is 4.36. The summed E-state index contributed by atoms with van der Waals surface area (Å²) in [7, 11) is -3.87. The summed E-state index contributed by atoms with van der Waals surface area (Å²) < 4.78 is 28.7. The first-order valence-electron chi connectivity index (χ1n) is 9.97. The molecule has 0 spiro atoms. The van der Waals surface area contributed by atoms with Gasteiger partial charge in [0.25, 0.3) is 10.0 Å². The van der Waals surface area contributed by atoms with Crippen LogP contribution < -0.4 is 9.62 Å². The van der Waals surface area contributed by atoms with E-state index in [1.807, 2.05) is 13.0 Å². The van der Waals surface area contributed by atoms with Gasteiger partial charge in [-0.3, -0.25) is 9.10 Å². The highest BCUT2D eigenvalue weighted by Crippen LogP contribution is 2.44. The second kappa shape index (κ2) is 8.11. The molecule has 5 nitrogen and oxygen atoms in total. The Morgan fingerprint density at radius 1 is 1.14 bits per heavy atom. The quantitative estimate of drug-likeness (QED) is 0.677. The molecule has 0 aromatic heterocycles. The smallest absolute Gasteiger partial charge is 0.264 e. The van der Waals surface area contributed by atoms with Crippen LogP contribution >= 0.6 is 15.9 Å². The van der Waals surface area contributed by atoms with Crippen molar-refractivity contribution >= 4 is 37.5 Å². The zero-order chi connectivity index (χ0) is 20.6. The molecule has 7 heteroatoms. The van der Waals surface area contributed by atoms with E-state index in [-0.39, 0.29) is 23.4 Å². The van der Waals surface area contributed by atoms with E-state index >= 15 is 0 Å². The number of nitrogens with one attached hydrogen (secondary N) is 1. The summed E-state index contributed by atoms with van der Waals surface area (Å²) in [6, 6.07) is 13.9. The Kier molecular flexibility index (Phi) is 5.71. The number of rotatable bonds is 6. The molecule has 3 atom stereocenters. The number of fused-ring (bicyclic) bond motifs is 2. The molecule has 4 rings (SSSR count). The van der Waals surface area contributed by atoms with E-state index in [4.69, 9.17) is 0 Å². The summed E-state index contributed by atoms with van der Waals surface area (Å²) in [5.41, 5.74) is 1.44. The van der Waals surface area contributed by atoms with E-state index in [2.05, 4.69) is 21.2 Å². The lowest BCUT2D eigenvalue weighted by molar-refractivity contribution is -0.120. The molecule has 0 unspecified atom stereocenters. The lowest BCUT2D eigenvalue weighted by Gasteiger charge is -2.27. The molecule has 0 saturated heterocycles. The highest BCUT2D eigenvalue weighted by Gasteiger charge is 2.40. The molecular weight excluding hydrogens is 452 g/mol. The average molecular weight is 477 g/mol. The fourth-order valence-corrected chi connectivity index (χ4v) is 6.39. The summed E-state index contributed by atoms with van der Waals surface area (Å²) in [4.78, 5) is 13.0. The number of halogens is 1. The van der Waals surface area contributed by atoms with Crippen LogP contribution in [0.1, 0.15) is 31.2 Å². The number of carbonyl (C=O) groups excluding carboxylic acids is 1. The summed E-state index contributed by atoms with van der Waals surface area (Å²) >= 11 is 3.40. The predicted molar refractivity (Wildman–Crippen MR) is 117 cm³/mol. The van der Waals surface area contributed by atoms with E-state index in [0.717, 1.165) is 22.9 Å². The number of hydrogen-bond acceptors (Lipinski definition) is 3. The first-order valence-corrected chi connectivity index (χ1v) is 12.2. The normalized spacial score (nSPS) is 23.2. The molecule has 2 aromatic carbocycles. The number of sulfonamides is 1. The minimum absolute atomic E-state index is 0.174. The number of nitrogens with zero attached hydrogens (tertiary/aromatic N) is 1. The highest BCUT2D eigenvalue weighted by molar-refractivity contribution is 9.10. The third-order valence-corrected chi connectivity index (χ3v) is 8.36. The van der Waals surface area contributed by atoms with Crippen molar-refractivity contribution in [1.29, 1.82) is 0 Å². The lowest BCUT2D eigenvalue weighted by Crippen LogP contribution is -2.46. The molecule has 29 heavy (non-hydrogen) atoms. The summed E-state index contributed by atoms with van der Waals surface area (Å²) in [6.07, 6.45) is 4.61. The summed E-state index contributed by atoms with van der Waals surface area (Å²) in [6.45, 7) is 1.67. The van der Waals surface area contributed by atoms with Crippen molar-refractivity contribution in [3.63, 3.8) is 0 Å². The minimum atomic E-state index is -3.87. The second-order valence-electron chi connectivity index (χ2n) is 8.15. The van der Waals surface area contributed by atoms with E-state index < -0.39 is 10.0 Å². The van der Waals surface area contributed by atoms with Gasteiger partial charge in [0.05, 0.1) is 10.6 Å². The molecule has 1 N–H and O–H groups in total. The zero-order valence-corrected chi connectivity index (χ0v) is 18.7. The van der Waals surface area contributed by atoms with E-state index in [9.17, 15) is 13.2 Å². The van der Waals surface area contributed by atoms with Gasteiger partial charge in [-0.15, -0.1) is 0 Å². The second-order valence-corrected chi connectivity index (χ2v) is 10.9. The van der Waals surface area contributed by atoms with E-state index in [1.165, 1.54) is 17.1 Å². The number of anilines is 1. The van der Waals surface area contributed by atoms with Gasteiger partial charge in [0.2, 0.25) is 5.91 Å². The van der Waals surface area contributed by atoms with Crippen LogP contribution in [0.2, 0.25) is 0 Å². The largest absolute Gasteiger partial charge is 0.352 e. The molecule has 2 aromatic rings. The predicted octanol–water partition coefficient (Wildman–Crippen LogP) is 4.26. The molecule has 0 aliphatic heterocycles. The van der Waals surface area contributed by atoms with Crippen LogP contribution in [0.25, 0.3) is 0 Å². The van der Waals surface area contributed by atoms with Crippen LogP contribution in [0.3, 0.4) is 0 Å². The van der Waals surface area contributed by atoms with Gasteiger partial charge >= 0.3 is 0 Å². The molecule has 2 fully saturated rings. The van der Waals surface area contributed by atoms with Crippen LogP contribution in [-0.2, 0) is 14.8 Å². The fourth-order valence-electron chi connectivity index (χ4n) is 4.59. The Morgan fingerprint density at radius 3 is 2.52 bits per heavy atom. The maximum atomic E-state index is 13.4. The van der Waals surface area contributed by atoms with Crippen LogP contribution in [0.15, 0.2) is 57.9 Å². The standard InChI is InChI=1S/C22H25BrN2O3S/c1-15-5-9-20(10-6-15)29(27,28)25(19-4-2-3-18(23)13-19)14-22(26)24-21-12-16-7-8-17(21)11-16/h2-6,9-10,13,16-17,21H,7-8,11-12,14H2,1H3,(H,24,26)/t16-,17-,21-/m0/s1. The Bertz CT molecular complexity index is 1010. The van der Waals surface area contributed by atoms with E-state index in [1.54, 1.807) is 42.5 Å². The van der Waals surface area contributed by atoms with Gasteiger partial charge in [0.15, 0.2) is 0 Å². The van der Waals surface area contributed by atoms with Gasteiger partial charge in [-0.05, 0) is 68.4 Å². The fraction of sp³-hybridized carbons (Fsp3) is 0.409. The Labute approximate surface area is 180 Å². The van der Waals surface area contributed by atoms with Crippen molar-refractivity contribution < 1.29 is 13.2 Å². The van der Waals surface area contributed by atoms with Gasteiger partial charge in [-0.2, -0.15) is 0 Å². The molecule has 2 aliphatic rings. The van der Waals surface area contributed by atoms with Crippen molar-refractivity contribution in [2.75, 3.05) is 10.8 Å². The van der Waals surface area contributed by atoms with Crippen molar-refractivity contribution in [3.8, 4) is 0 Å².